The molecule has 2 N–H and O–H groups in total. The van der Waals surface area contributed by atoms with E-state index in [0.717, 1.165) is 55.3 Å². The highest BCUT2D eigenvalue weighted by molar-refractivity contribution is 7.07. The van der Waals surface area contributed by atoms with E-state index in [2.05, 4.69) is 31.2 Å². The third kappa shape index (κ3) is 5.84. The smallest absolute Gasteiger partial charge is 0.269 e. The zero-order valence-electron chi connectivity index (χ0n) is 16.6. The summed E-state index contributed by atoms with van der Waals surface area (Å²) in [5.74, 6) is 0.0568. The van der Waals surface area contributed by atoms with Gasteiger partial charge in [0.1, 0.15) is 4.88 Å². The fraction of sp³-hybridized carbons (Fsp3) is 0.500. The number of hydrogen-bond acceptors (Lipinski definition) is 6. The Kier molecular flexibility index (Phi) is 6.41. The third-order valence-electron chi connectivity index (χ3n) is 4.63. The van der Waals surface area contributed by atoms with E-state index >= 15 is 0 Å². The van der Waals surface area contributed by atoms with Gasteiger partial charge in [0.05, 0.1) is 6.20 Å². The first kappa shape index (κ1) is 20.4. The number of likely N-dealkylation sites (tertiary alicyclic amines) is 1. The molecular weight excluding hydrogens is 374 g/mol. The lowest BCUT2D eigenvalue weighted by Gasteiger charge is -2.33. The van der Waals surface area contributed by atoms with Gasteiger partial charge in [0.2, 0.25) is 5.91 Å². The molecule has 1 aliphatic rings. The largest absolute Gasteiger partial charge is 0.351 e. The molecule has 0 atom stereocenters. The molecule has 1 aromatic carbocycles. The minimum Gasteiger partial charge on any atom is -0.351 e. The molecule has 8 heteroatoms. The van der Waals surface area contributed by atoms with Crippen LogP contribution in [0.3, 0.4) is 0 Å². The first-order valence-electron chi connectivity index (χ1n) is 9.52. The maximum atomic E-state index is 12.3. The van der Waals surface area contributed by atoms with Crippen LogP contribution in [0.25, 0.3) is 0 Å². The van der Waals surface area contributed by atoms with E-state index in [0.29, 0.717) is 4.88 Å². The summed E-state index contributed by atoms with van der Waals surface area (Å²) in [5.41, 5.74) is 1.71. The van der Waals surface area contributed by atoms with Crippen LogP contribution < -0.4 is 10.6 Å². The number of carbonyl (C=O) groups excluding carboxylic acids is 2. The first-order valence-corrected chi connectivity index (χ1v) is 10.3. The van der Waals surface area contributed by atoms with Crippen LogP contribution in [0.15, 0.2) is 30.5 Å². The van der Waals surface area contributed by atoms with Crippen LogP contribution in [0, 0.1) is 5.92 Å². The van der Waals surface area contributed by atoms with Crippen molar-refractivity contribution in [3.63, 3.8) is 0 Å². The first-order chi connectivity index (χ1) is 13.3. The van der Waals surface area contributed by atoms with Crippen LogP contribution in [-0.2, 0) is 11.3 Å². The molecular formula is C20H27N5O2S. The fourth-order valence-electron chi connectivity index (χ4n) is 3.29. The molecule has 2 aromatic rings. The SMILES string of the molecule is CC(C)(C)NC(=O)C1CCN(Cc2cccc(NC(=O)c3cnns3)c2)CC1. The standard InChI is InChI=1S/C20H27N5O2S/c1-20(2,3)23-18(26)15-7-9-25(10-8-15)13-14-5-4-6-16(11-14)22-19(27)17-12-21-24-28-17/h4-6,11-12,15H,7-10,13H2,1-3H3,(H,22,27)(H,23,26). The Morgan fingerprint density at radius 1 is 1.25 bits per heavy atom. The average Bonchev–Trinajstić information content (AvgIpc) is 3.16. The topological polar surface area (TPSA) is 87.2 Å². The summed E-state index contributed by atoms with van der Waals surface area (Å²) in [6.45, 7) is 8.63. The molecule has 0 radical (unpaired) electrons. The molecule has 1 aromatic heterocycles. The van der Waals surface area contributed by atoms with Gasteiger partial charge in [-0.3, -0.25) is 14.5 Å². The molecule has 3 rings (SSSR count). The number of amides is 2. The number of carbonyl (C=O) groups is 2. The average molecular weight is 402 g/mol. The number of nitrogens with zero attached hydrogens (tertiary/aromatic N) is 3. The van der Waals surface area contributed by atoms with E-state index in [1.54, 1.807) is 0 Å². The highest BCUT2D eigenvalue weighted by Gasteiger charge is 2.27. The van der Waals surface area contributed by atoms with Crippen molar-refractivity contribution >= 4 is 29.0 Å². The van der Waals surface area contributed by atoms with Crippen molar-refractivity contribution in [1.82, 2.24) is 19.8 Å². The van der Waals surface area contributed by atoms with Gasteiger partial charge in [0.25, 0.3) is 5.91 Å². The summed E-state index contributed by atoms with van der Waals surface area (Å²) >= 11 is 1.07. The van der Waals surface area contributed by atoms with E-state index in [9.17, 15) is 9.59 Å². The predicted octanol–water partition coefficient (Wildman–Crippen LogP) is 2.92. The van der Waals surface area contributed by atoms with Gasteiger partial charge in [-0.1, -0.05) is 16.6 Å². The maximum Gasteiger partial charge on any atom is 0.269 e. The molecule has 0 aliphatic carbocycles. The zero-order valence-corrected chi connectivity index (χ0v) is 17.4. The molecule has 1 saturated heterocycles. The van der Waals surface area contributed by atoms with Crippen molar-refractivity contribution in [2.75, 3.05) is 18.4 Å². The second-order valence-electron chi connectivity index (χ2n) is 8.23. The van der Waals surface area contributed by atoms with Gasteiger partial charge >= 0.3 is 0 Å². The fourth-order valence-corrected chi connectivity index (χ4v) is 3.70. The second kappa shape index (κ2) is 8.79. The van der Waals surface area contributed by atoms with Gasteiger partial charge in [-0.15, -0.1) is 5.10 Å². The van der Waals surface area contributed by atoms with Crippen LogP contribution in [0.1, 0.15) is 48.8 Å². The maximum absolute atomic E-state index is 12.3. The number of aromatic nitrogens is 2. The monoisotopic (exact) mass is 401 g/mol. The van der Waals surface area contributed by atoms with E-state index in [1.807, 2.05) is 39.0 Å². The minimum absolute atomic E-state index is 0.0918. The number of piperidine rings is 1. The Morgan fingerprint density at radius 2 is 2.00 bits per heavy atom. The van der Waals surface area contributed by atoms with E-state index in [-0.39, 0.29) is 23.3 Å². The summed E-state index contributed by atoms with van der Waals surface area (Å²) in [4.78, 5) is 27.3. The lowest BCUT2D eigenvalue weighted by molar-refractivity contribution is -0.127. The van der Waals surface area contributed by atoms with Crippen molar-refractivity contribution in [3.8, 4) is 0 Å². The van der Waals surface area contributed by atoms with Crippen LogP contribution in [0.4, 0.5) is 5.69 Å². The summed E-state index contributed by atoms with van der Waals surface area (Å²) in [6, 6.07) is 7.87. The molecule has 0 saturated carbocycles. The lowest BCUT2D eigenvalue weighted by atomic mass is 9.94. The van der Waals surface area contributed by atoms with Crippen molar-refractivity contribution in [3.05, 3.63) is 40.9 Å². The van der Waals surface area contributed by atoms with Gasteiger partial charge < -0.3 is 10.6 Å². The molecule has 1 aliphatic heterocycles. The summed E-state index contributed by atoms with van der Waals surface area (Å²) < 4.78 is 3.71. The summed E-state index contributed by atoms with van der Waals surface area (Å²) in [7, 11) is 0. The van der Waals surface area contributed by atoms with Crippen LogP contribution in [-0.4, -0.2) is 44.9 Å². The highest BCUT2D eigenvalue weighted by atomic mass is 32.1. The van der Waals surface area contributed by atoms with Crippen LogP contribution in [0.2, 0.25) is 0 Å². The Labute approximate surface area is 169 Å². The molecule has 28 heavy (non-hydrogen) atoms. The number of benzene rings is 1. The molecule has 0 spiro atoms. The number of anilines is 1. The predicted molar refractivity (Wildman–Crippen MR) is 110 cm³/mol. The second-order valence-corrected chi connectivity index (χ2v) is 9.01. The Morgan fingerprint density at radius 3 is 2.64 bits per heavy atom. The summed E-state index contributed by atoms with van der Waals surface area (Å²) in [6.07, 6.45) is 3.21. The number of nitrogens with one attached hydrogen (secondary N) is 2. The third-order valence-corrected chi connectivity index (χ3v) is 5.30. The lowest BCUT2D eigenvalue weighted by Crippen LogP contribution is -2.46. The molecule has 0 bridgehead atoms. The highest BCUT2D eigenvalue weighted by Crippen LogP contribution is 2.21. The molecule has 2 amide bonds. The molecule has 0 unspecified atom stereocenters. The van der Waals surface area contributed by atoms with Crippen molar-refractivity contribution in [2.24, 2.45) is 5.92 Å². The van der Waals surface area contributed by atoms with Crippen molar-refractivity contribution in [1.29, 1.82) is 0 Å². The summed E-state index contributed by atoms with van der Waals surface area (Å²) in [5, 5.41) is 9.66. The quantitative estimate of drug-likeness (QED) is 0.804. The van der Waals surface area contributed by atoms with E-state index in [4.69, 9.17) is 0 Å². The molecule has 7 nitrogen and oxygen atoms in total. The normalized spacial score (nSPS) is 16.0. The van der Waals surface area contributed by atoms with Gasteiger partial charge in [-0.05, 0) is 75.9 Å². The number of rotatable bonds is 5. The molecule has 2 heterocycles. The zero-order chi connectivity index (χ0) is 20.1. The van der Waals surface area contributed by atoms with E-state index < -0.39 is 0 Å². The Hall–Kier alpha value is -2.32. The van der Waals surface area contributed by atoms with Gasteiger partial charge in [0, 0.05) is 23.7 Å². The van der Waals surface area contributed by atoms with E-state index in [1.165, 1.54) is 6.20 Å². The van der Waals surface area contributed by atoms with Crippen LogP contribution in [0.5, 0.6) is 0 Å². The van der Waals surface area contributed by atoms with Gasteiger partial charge in [-0.2, -0.15) is 0 Å². The minimum atomic E-state index is -0.196. The number of hydrogen-bond donors (Lipinski definition) is 2. The van der Waals surface area contributed by atoms with Crippen LogP contribution >= 0.6 is 11.5 Å². The van der Waals surface area contributed by atoms with Crippen molar-refractivity contribution < 1.29 is 9.59 Å². The van der Waals surface area contributed by atoms with Gasteiger partial charge in [-0.25, -0.2) is 0 Å². The van der Waals surface area contributed by atoms with Gasteiger partial charge in [0.15, 0.2) is 0 Å². The Balaban J connectivity index is 1.51. The Bertz CT molecular complexity index is 808. The van der Waals surface area contributed by atoms with Crippen molar-refractivity contribution in [2.45, 2.75) is 45.7 Å². The molecule has 1 fully saturated rings. The molecule has 150 valence electrons.